The number of aromatic nitrogens is 4. The van der Waals surface area contributed by atoms with Crippen LogP contribution in [0.25, 0.3) is 22.6 Å². The van der Waals surface area contributed by atoms with Gasteiger partial charge in [-0.05, 0) is 31.8 Å². The van der Waals surface area contributed by atoms with Crippen LogP contribution in [0, 0.1) is 5.82 Å². The quantitative estimate of drug-likeness (QED) is 0.681. The van der Waals surface area contributed by atoms with Crippen molar-refractivity contribution in [1.29, 1.82) is 0 Å². The minimum atomic E-state index is -0.291. The number of rotatable bonds is 6. The largest absolute Gasteiger partial charge is 0.343 e. The molecule has 0 saturated heterocycles. The van der Waals surface area contributed by atoms with Crippen LogP contribution in [0.3, 0.4) is 0 Å². The van der Waals surface area contributed by atoms with Crippen LogP contribution < -0.4 is 4.90 Å². The maximum absolute atomic E-state index is 13.7. The van der Waals surface area contributed by atoms with E-state index in [4.69, 9.17) is 4.98 Å². The van der Waals surface area contributed by atoms with Crippen LogP contribution in [0.4, 0.5) is 10.3 Å². The Hall–Kier alpha value is -2.80. The second-order valence-electron chi connectivity index (χ2n) is 6.53. The van der Waals surface area contributed by atoms with Gasteiger partial charge in [-0.2, -0.15) is 0 Å². The second-order valence-corrected chi connectivity index (χ2v) is 6.53. The number of imidazole rings is 1. The number of halogens is 1. The van der Waals surface area contributed by atoms with Crippen LogP contribution in [0.5, 0.6) is 0 Å². The first-order chi connectivity index (χ1) is 12.5. The van der Waals surface area contributed by atoms with Gasteiger partial charge >= 0.3 is 0 Å². The zero-order chi connectivity index (χ0) is 18.7. The van der Waals surface area contributed by atoms with Gasteiger partial charge in [0.15, 0.2) is 5.82 Å². The molecule has 7 heteroatoms. The van der Waals surface area contributed by atoms with Crippen molar-refractivity contribution in [3.05, 3.63) is 48.7 Å². The van der Waals surface area contributed by atoms with Gasteiger partial charge in [0.2, 0.25) is 5.95 Å². The number of anilines is 1. The molecule has 0 spiro atoms. The van der Waals surface area contributed by atoms with E-state index < -0.39 is 0 Å². The van der Waals surface area contributed by atoms with Gasteiger partial charge in [0.05, 0.1) is 0 Å². The number of benzene rings is 1. The standard InChI is InChI=1S/C19H23FN6/c1-24(2)10-11-26(4)19-22-13-16(14-6-5-7-15(20)12-14)17(23-19)18-21-8-9-25(18)3/h5-9,12-13H,10-11H2,1-4H3. The molecule has 0 aliphatic carbocycles. The monoisotopic (exact) mass is 354 g/mol. The highest BCUT2D eigenvalue weighted by atomic mass is 19.1. The molecular formula is C19H23FN6. The van der Waals surface area contributed by atoms with Crippen molar-refractivity contribution in [3.8, 4) is 22.6 Å². The smallest absolute Gasteiger partial charge is 0.225 e. The first-order valence-corrected chi connectivity index (χ1v) is 8.42. The summed E-state index contributed by atoms with van der Waals surface area (Å²) in [5, 5.41) is 0. The Labute approximate surface area is 152 Å². The van der Waals surface area contributed by atoms with Gasteiger partial charge in [0, 0.05) is 51.3 Å². The fourth-order valence-corrected chi connectivity index (χ4v) is 2.64. The Kier molecular flexibility index (Phi) is 5.27. The lowest BCUT2D eigenvalue weighted by Crippen LogP contribution is -2.29. The highest BCUT2D eigenvalue weighted by molar-refractivity contribution is 5.78. The number of hydrogen-bond donors (Lipinski definition) is 0. The van der Waals surface area contributed by atoms with Crippen molar-refractivity contribution in [2.24, 2.45) is 7.05 Å². The van der Waals surface area contributed by atoms with Crippen LogP contribution in [0.1, 0.15) is 0 Å². The lowest BCUT2D eigenvalue weighted by molar-refractivity contribution is 0.415. The lowest BCUT2D eigenvalue weighted by atomic mass is 10.1. The Morgan fingerprint density at radius 2 is 1.92 bits per heavy atom. The van der Waals surface area contributed by atoms with E-state index in [1.54, 1.807) is 18.5 Å². The highest BCUT2D eigenvalue weighted by Crippen LogP contribution is 2.30. The molecule has 3 aromatic rings. The molecule has 0 atom stereocenters. The van der Waals surface area contributed by atoms with Crippen molar-refractivity contribution >= 4 is 5.95 Å². The van der Waals surface area contributed by atoms with E-state index in [1.807, 2.05) is 49.9 Å². The average Bonchev–Trinajstić information content (AvgIpc) is 3.05. The van der Waals surface area contributed by atoms with Crippen LogP contribution in [0.15, 0.2) is 42.9 Å². The zero-order valence-electron chi connectivity index (χ0n) is 15.5. The molecule has 0 saturated carbocycles. The first-order valence-electron chi connectivity index (χ1n) is 8.42. The molecule has 0 fully saturated rings. The molecule has 0 amide bonds. The Balaban J connectivity index is 2.06. The molecule has 0 radical (unpaired) electrons. The Bertz CT molecular complexity index is 889. The van der Waals surface area contributed by atoms with Gasteiger partial charge in [-0.15, -0.1) is 0 Å². The maximum atomic E-state index is 13.7. The van der Waals surface area contributed by atoms with Crippen molar-refractivity contribution in [2.45, 2.75) is 0 Å². The van der Waals surface area contributed by atoms with E-state index in [2.05, 4.69) is 14.9 Å². The van der Waals surface area contributed by atoms with Crippen molar-refractivity contribution < 1.29 is 4.39 Å². The molecule has 26 heavy (non-hydrogen) atoms. The second kappa shape index (κ2) is 7.61. The topological polar surface area (TPSA) is 50.1 Å². The summed E-state index contributed by atoms with van der Waals surface area (Å²) in [6.07, 6.45) is 5.33. The summed E-state index contributed by atoms with van der Waals surface area (Å²) >= 11 is 0. The molecule has 0 N–H and O–H groups in total. The molecule has 0 aliphatic heterocycles. The predicted octanol–water partition coefficient (Wildman–Crippen LogP) is 2.68. The van der Waals surface area contributed by atoms with Crippen molar-refractivity contribution in [2.75, 3.05) is 39.1 Å². The molecule has 0 bridgehead atoms. The molecule has 6 nitrogen and oxygen atoms in total. The summed E-state index contributed by atoms with van der Waals surface area (Å²) in [7, 11) is 7.93. The molecule has 2 heterocycles. The molecule has 1 aromatic carbocycles. The highest BCUT2D eigenvalue weighted by Gasteiger charge is 2.17. The summed E-state index contributed by atoms with van der Waals surface area (Å²) in [5.74, 6) is 1.04. The third-order valence-corrected chi connectivity index (χ3v) is 4.17. The van der Waals surface area contributed by atoms with Crippen LogP contribution >= 0.6 is 0 Å². The fourth-order valence-electron chi connectivity index (χ4n) is 2.64. The normalized spacial score (nSPS) is 11.2. The summed E-state index contributed by atoms with van der Waals surface area (Å²) in [5.41, 5.74) is 2.17. The van der Waals surface area contributed by atoms with Gasteiger partial charge in [0.1, 0.15) is 11.5 Å². The SMILES string of the molecule is CN(C)CCN(C)c1ncc(-c2cccc(F)c2)c(-c2nccn2C)n1. The third-order valence-electron chi connectivity index (χ3n) is 4.17. The van der Waals surface area contributed by atoms with E-state index in [0.717, 1.165) is 24.2 Å². The maximum Gasteiger partial charge on any atom is 0.225 e. The van der Waals surface area contributed by atoms with Crippen LogP contribution in [-0.4, -0.2) is 58.7 Å². The van der Waals surface area contributed by atoms with E-state index >= 15 is 0 Å². The average molecular weight is 354 g/mol. The number of aryl methyl sites for hydroxylation is 1. The molecule has 3 rings (SSSR count). The van der Waals surface area contributed by atoms with Gasteiger partial charge in [-0.1, -0.05) is 12.1 Å². The Morgan fingerprint density at radius 3 is 2.58 bits per heavy atom. The van der Waals surface area contributed by atoms with Gasteiger partial charge in [0.25, 0.3) is 0 Å². The summed E-state index contributed by atoms with van der Waals surface area (Å²) < 4.78 is 15.6. The molecule has 0 aliphatic rings. The van der Waals surface area contributed by atoms with Gasteiger partial charge in [-0.3, -0.25) is 0 Å². The van der Waals surface area contributed by atoms with Crippen molar-refractivity contribution in [3.63, 3.8) is 0 Å². The summed E-state index contributed by atoms with van der Waals surface area (Å²) in [6, 6.07) is 6.45. The lowest BCUT2D eigenvalue weighted by Gasteiger charge is -2.20. The minimum Gasteiger partial charge on any atom is -0.343 e. The first kappa shape index (κ1) is 18.0. The number of nitrogens with zero attached hydrogens (tertiary/aromatic N) is 6. The molecule has 2 aromatic heterocycles. The minimum absolute atomic E-state index is 0.291. The number of hydrogen-bond acceptors (Lipinski definition) is 5. The van der Waals surface area contributed by atoms with Crippen molar-refractivity contribution in [1.82, 2.24) is 24.4 Å². The molecule has 0 unspecified atom stereocenters. The number of likely N-dealkylation sites (N-methyl/N-ethyl adjacent to an activating group) is 2. The third kappa shape index (κ3) is 3.88. The summed E-state index contributed by atoms with van der Waals surface area (Å²) in [4.78, 5) is 17.8. The van der Waals surface area contributed by atoms with Gasteiger partial charge in [-0.25, -0.2) is 19.3 Å². The Morgan fingerprint density at radius 1 is 1.12 bits per heavy atom. The summed E-state index contributed by atoms with van der Waals surface area (Å²) in [6.45, 7) is 1.69. The van der Waals surface area contributed by atoms with Crippen LogP contribution in [-0.2, 0) is 7.05 Å². The molecule has 136 valence electrons. The van der Waals surface area contributed by atoms with E-state index in [9.17, 15) is 4.39 Å². The van der Waals surface area contributed by atoms with Crippen LogP contribution in [0.2, 0.25) is 0 Å². The van der Waals surface area contributed by atoms with E-state index in [1.165, 1.54) is 12.1 Å². The van der Waals surface area contributed by atoms with Gasteiger partial charge < -0.3 is 14.4 Å². The van der Waals surface area contributed by atoms with E-state index in [0.29, 0.717) is 17.5 Å². The predicted molar refractivity (Wildman–Crippen MR) is 101 cm³/mol. The fraction of sp³-hybridized carbons (Fsp3) is 0.316. The van der Waals surface area contributed by atoms with E-state index in [-0.39, 0.29) is 5.82 Å². The zero-order valence-corrected chi connectivity index (χ0v) is 15.5. The molecular weight excluding hydrogens is 331 g/mol.